The van der Waals surface area contributed by atoms with E-state index in [1.807, 2.05) is 116 Å². The molecular formula is C39H29BF2N2. The molecule has 0 saturated carbocycles. The van der Waals surface area contributed by atoms with Gasteiger partial charge in [0.2, 0.25) is 0 Å². The van der Waals surface area contributed by atoms with Crippen LogP contribution in [-0.4, -0.2) is 17.6 Å². The standard InChI is InChI=1S/C39H29BF2N2/c1-26-17-21-28(22-18-26)34-25-35(29-11-5-3-6-12-29)43-37(34)36(30-13-7-4-8-14-30)39-33-16-10-9-15-32(33)38(44(39)40(41)42)31-23-19-27(2)20-24-31/h3-25H,1-2H3/b37-36-. The summed E-state index contributed by atoms with van der Waals surface area (Å²) in [4.78, 5) is 5.24. The molecule has 0 aliphatic carbocycles. The molecule has 1 aliphatic rings. The summed E-state index contributed by atoms with van der Waals surface area (Å²) in [5, 5.41) is 1.52. The third-order valence-electron chi connectivity index (χ3n) is 8.18. The van der Waals surface area contributed by atoms with Crippen LogP contribution in [0, 0.1) is 13.8 Å². The first-order chi connectivity index (χ1) is 21.5. The van der Waals surface area contributed by atoms with Gasteiger partial charge in [0.25, 0.3) is 0 Å². The van der Waals surface area contributed by atoms with Crippen molar-refractivity contribution in [2.45, 2.75) is 13.8 Å². The summed E-state index contributed by atoms with van der Waals surface area (Å²) < 4.78 is 32.3. The number of rotatable bonds is 6. The van der Waals surface area contributed by atoms with Gasteiger partial charge in [-0.3, -0.25) is 8.63 Å². The van der Waals surface area contributed by atoms with Crippen LogP contribution in [0.1, 0.15) is 33.5 Å². The number of aliphatic imine (C=N–C) groups is 1. The second-order valence-corrected chi connectivity index (χ2v) is 11.1. The number of benzene rings is 5. The van der Waals surface area contributed by atoms with Gasteiger partial charge in [-0.2, -0.15) is 0 Å². The van der Waals surface area contributed by atoms with Crippen molar-refractivity contribution in [2.75, 3.05) is 0 Å². The number of aromatic nitrogens is 1. The van der Waals surface area contributed by atoms with E-state index in [2.05, 4.69) is 37.3 Å². The van der Waals surface area contributed by atoms with Gasteiger partial charge in [0, 0.05) is 33.2 Å². The largest absolute Gasteiger partial charge is 0.678 e. The van der Waals surface area contributed by atoms with Crippen LogP contribution in [0.2, 0.25) is 0 Å². The fraction of sp³-hybridized carbons (Fsp3) is 0.0513. The Bertz CT molecular complexity index is 2070. The van der Waals surface area contributed by atoms with E-state index in [4.69, 9.17) is 4.99 Å². The number of halogens is 2. The maximum atomic E-state index is 15.6. The zero-order valence-corrected chi connectivity index (χ0v) is 24.5. The van der Waals surface area contributed by atoms with Gasteiger partial charge in [0.05, 0.1) is 17.1 Å². The lowest BCUT2D eigenvalue weighted by Gasteiger charge is -2.18. The Balaban J connectivity index is 1.62. The fourth-order valence-electron chi connectivity index (χ4n) is 6.03. The number of hydrogen-bond donors (Lipinski definition) is 0. The highest BCUT2D eigenvalue weighted by Gasteiger charge is 2.33. The molecule has 0 radical (unpaired) electrons. The molecule has 2 nitrogen and oxygen atoms in total. The first-order valence-electron chi connectivity index (χ1n) is 14.7. The number of hydrogen-bond acceptors (Lipinski definition) is 1. The molecule has 1 aliphatic heterocycles. The number of aryl methyl sites for hydroxylation is 2. The third-order valence-corrected chi connectivity index (χ3v) is 8.18. The van der Waals surface area contributed by atoms with E-state index in [9.17, 15) is 0 Å². The highest BCUT2D eigenvalue weighted by atomic mass is 19.2. The van der Waals surface area contributed by atoms with Crippen LogP contribution in [0.3, 0.4) is 0 Å². The minimum atomic E-state index is -2.79. The van der Waals surface area contributed by atoms with Gasteiger partial charge in [-0.15, -0.1) is 0 Å². The van der Waals surface area contributed by atoms with Gasteiger partial charge in [0.1, 0.15) is 0 Å². The van der Waals surface area contributed by atoms with Crippen LogP contribution in [0.4, 0.5) is 8.63 Å². The highest BCUT2D eigenvalue weighted by Crippen LogP contribution is 2.45. The summed E-state index contributed by atoms with van der Waals surface area (Å²) in [6, 6.07) is 43.6. The van der Waals surface area contributed by atoms with Gasteiger partial charge in [0.15, 0.2) is 0 Å². The SMILES string of the molecule is Cc1ccc(C2=CC(c3ccccc3)=N/C2=C(/c2ccccc2)c2c3ccccc3c(-c3ccc(C)cc3)n2B(F)F)cc1. The van der Waals surface area contributed by atoms with Crippen molar-refractivity contribution >= 4 is 35.0 Å². The molecular weight excluding hydrogens is 545 g/mol. The lowest BCUT2D eigenvalue weighted by molar-refractivity contribution is 0.630. The summed E-state index contributed by atoms with van der Waals surface area (Å²) in [5.41, 5.74) is 9.68. The summed E-state index contributed by atoms with van der Waals surface area (Å²) in [5.74, 6) is 0. The minimum Gasteiger partial charge on any atom is -0.324 e. The van der Waals surface area contributed by atoms with Gasteiger partial charge in [-0.25, -0.2) is 4.99 Å². The first kappa shape index (κ1) is 27.5. The molecule has 6 aromatic rings. The summed E-state index contributed by atoms with van der Waals surface area (Å²) in [7, 11) is -2.79. The van der Waals surface area contributed by atoms with Crippen molar-refractivity contribution in [3.8, 4) is 11.3 Å². The maximum absolute atomic E-state index is 15.6. The summed E-state index contributed by atoms with van der Waals surface area (Å²) in [6.07, 6.45) is 2.08. The topological polar surface area (TPSA) is 17.3 Å². The van der Waals surface area contributed by atoms with Gasteiger partial charge in [-0.05, 0) is 36.6 Å². The van der Waals surface area contributed by atoms with Crippen LogP contribution in [0.5, 0.6) is 0 Å². The molecule has 0 saturated heterocycles. The van der Waals surface area contributed by atoms with Gasteiger partial charge < -0.3 is 4.48 Å². The predicted octanol–water partition coefficient (Wildman–Crippen LogP) is 10.0. The molecule has 5 aromatic carbocycles. The molecule has 0 unspecified atom stereocenters. The molecule has 0 spiro atoms. The number of fused-ring (bicyclic) bond motifs is 1. The van der Waals surface area contributed by atoms with E-state index < -0.39 is 7.40 Å². The lowest BCUT2D eigenvalue weighted by atomic mass is 9.91. The second kappa shape index (κ2) is 11.4. The van der Waals surface area contributed by atoms with Crippen LogP contribution < -0.4 is 0 Å². The average molecular weight is 574 g/mol. The lowest BCUT2D eigenvalue weighted by Crippen LogP contribution is -2.18. The Kier molecular flexibility index (Phi) is 7.15. The Morgan fingerprint density at radius 1 is 0.591 bits per heavy atom. The van der Waals surface area contributed by atoms with Crippen molar-refractivity contribution < 1.29 is 8.63 Å². The molecule has 0 fully saturated rings. The van der Waals surface area contributed by atoms with Crippen LogP contribution in [0.15, 0.2) is 150 Å². The number of nitrogens with zero attached hydrogens (tertiary/aromatic N) is 2. The van der Waals surface area contributed by atoms with Crippen molar-refractivity contribution in [3.05, 3.63) is 179 Å². The summed E-state index contributed by atoms with van der Waals surface area (Å²) >= 11 is 0. The van der Waals surface area contributed by atoms with Crippen LogP contribution in [-0.2, 0) is 0 Å². The van der Waals surface area contributed by atoms with Crippen LogP contribution >= 0.6 is 0 Å². The molecule has 1 aromatic heterocycles. The zero-order valence-electron chi connectivity index (χ0n) is 24.5. The Morgan fingerprint density at radius 3 is 1.75 bits per heavy atom. The molecule has 0 atom stereocenters. The van der Waals surface area contributed by atoms with E-state index in [-0.39, 0.29) is 0 Å². The molecule has 0 amide bonds. The summed E-state index contributed by atoms with van der Waals surface area (Å²) in [6.45, 7) is 4.05. The zero-order chi connectivity index (χ0) is 30.2. The molecule has 0 bridgehead atoms. The second-order valence-electron chi connectivity index (χ2n) is 11.1. The van der Waals surface area contributed by atoms with E-state index in [0.717, 1.165) is 55.4 Å². The van der Waals surface area contributed by atoms with E-state index in [1.54, 1.807) is 0 Å². The fourth-order valence-corrected chi connectivity index (χ4v) is 6.03. The first-order valence-corrected chi connectivity index (χ1v) is 14.7. The molecule has 7 rings (SSSR count). The molecule has 212 valence electrons. The van der Waals surface area contributed by atoms with E-state index >= 15 is 8.63 Å². The van der Waals surface area contributed by atoms with Crippen LogP contribution in [0.25, 0.3) is 33.2 Å². The smallest absolute Gasteiger partial charge is 0.324 e. The quantitative estimate of drug-likeness (QED) is 0.176. The van der Waals surface area contributed by atoms with E-state index in [0.29, 0.717) is 22.7 Å². The molecule has 5 heteroatoms. The van der Waals surface area contributed by atoms with Gasteiger partial charge >= 0.3 is 7.40 Å². The average Bonchev–Trinajstić information content (AvgIpc) is 3.64. The Hall–Kier alpha value is -5.29. The monoisotopic (exact) mass is 574 g/mol. The van der Waals surface area contributed by atoms with Crippen molar-refractivity contribution in [1.29, 1.82) is 0 Å². The van der Waals surface area contributed by atoms with Crippen molar-refractivity contribution in [2.24, 2.45) is 4.99 Å². The Labute approximate surface area is 256 Å². The predicted molar refractivity (Wildman–Crippen MR) is 180 cm³/mol. The highest BCUT2D eigenvalue weighted by molar-refractivity contribution is 6.43. The molecule has 44 heavy (non-hydrogen) atoms. The number of allylic oxidation sites excluding steroid dienone is 2. The van der Waals surface area contributed by atoms with Crippen molar-refractivity contribution in [3.63, 3.8) is 0 Å². The normalized spacial score (nSPS) is 14.0. The van der Waals surface area contributed by atoms with Gasteiger partial charge in [-0.1, -0.05) is 145 Å². The minimum absolute atomic E-state index is 0.448. The van der Waals surface area contributed by atoms with Crippen molar-refractivity contribution in [1.82, 2.24) is 4.48 Å². The Morgan fingerprint density at radius 2 is 1.14 bits per heavy atom. The molecule has 0 N–H and O–H groups in total. The molecule has 2 heterocycles. The third kappa shape index (κ3) is 4.90. The maximum Gasteiger partial charge on any atom is 0.678 e. The van der Waals surface area contributed by atoms with E-state index in [1.165, 1.54) is 4.48 Å².